The highest BCUT2D eigenvalue weighted by molar-refractivity contribution is 9.10. The average Bonchev–Trinajstić information content (AvgIpc) is 3.45. The van der Waals surface area contributed by atoms with Gasteiger partial charge in [-0.05, 0) is 41.5 Å². The maximum Gasteiger partial charge on any atom is 0.260 e. The summed E-state index contributed by atoms with van der Waals surface area (Å²) in [6.07, 6.45) is 6.30. The van der Waals surface area contributed by atoms with Crippen molar-refractivity contribution in [3.8, 4) is 0 Å². The normalized spacial score (nSPS) is 10.9. The average molecular weight is 528 g/mol. The molecule has 5 rings (SSSR count). The lowest BCUT2D eigenvalue weighted by molar-refractivity contribution is 0.0988. The summed E-state index contributed by atoms with van der Waals surface area (Å²) >= 11 is 5.07. The molecule has 162 valence electrons. The van der Waals surface area contributed by atoms with Gasteiger partial charge in [-0.1, -0.05) is 63.7 Å². The molecule has 0 N–H and O–H groups in total. The van der Waals surface area contributed by atoms with Gasteiger partial charge in [0, 0.05) is 35.5 Å². The zero-order valence-corrected chi connectivity index (χ0v) is 20.2. The molecule has 0 radical (unpaired) electrons. The van der Waals surface area contributed by atoms with Crippen LogP contribution in [-0.2, 0) is 6.54 Å². The van der Waals surface area contributed by atoms with E-state index < -0.39 is 0 Å². The van der Waals surface area contributed by atoms with Crippen LogP contribution < -0.4 is 4.90 Å². The number of aryl methyl sites for hydroxylation is 1. The van der Waals surface area contributed by atoms with Crippen LogP contribution in [0.4, 0.5) is 5.13 Å². The fraction of sp³-hybridized carbons (Fsp3) is 0.125. The van der Waals surface area contributed by atoms with Gasteiger partial charge in [0.2, 0.25) is 0 Å². The molecule has 8 heteroatoms. The smallest absolute Gasteiger partial charge is 0.260 e. The van der Waals surface area contributed by atoms with E-state index in [1.54, 1.807) is 23.9 Å². The first kappa shape index (κ1) is 22.5. The van der Waals surface area contributed by atoms with Crippen molar-refractivity contribution in [2.75, 3.05) is 11.4 Å². The van der Waals surface area contributed by atoms with Crippen molar-refractivity contribution in [3.63, 3.8) is 0 Å². The van der Waals surface area contributed by atoms with Gasteiger partial charge in [0.15, 0.2) is 5.13 Å². The highest BCUT2D eigenvalue weighted by Crippen LogP contribution is 2.32. The van der Waals surface area contributed by atoms with Crippen molar-refractivity contribution in [1.82, 2.24) is 14.5 Å². The first-order chi connectivity index (χ1) is 15.2. The number of aromatic nitrogens is 3. The summed E-state index contributed by atoms with van der Waals surface area (Å²) in [5, 5.41) is 2.73. The predicted molar refractivity (Wildman–Crippen MR) is 137 cm³/mol. The van der Waals surface area contributed by atoms with Gasteiger partial charge >= 0.3 is 0 Å². The van der Waals surface area contributed by atoms with Crippen LogP contribution in [0.15, 0.2) is 83.9 Å². The third-order valence-corrected chi connectivity index (χ3v) is 6.73. The first-order valence-electron chi connectivity index (χ1n) is 10.0. The Bertz CT molecular complexity index is 1360. The molecule has 0 saturated heterocycles. The summed E-state index contributed by atoms with van der Waals surface area (Å²) in [7, 11) is 0. The molecule has 2 heterocycles. The van der Waals surface area contributed by atoms with Crippen molar-refractivity contribution in [2.24, 2.45) is 0 Å². The summed E-state index contributed by atoms with van der Waals surface area (Å²) < 4.78 is 4.08. The molecule has 2 aromatic heterocycles. The summed E-state index contributed by atoms with van der Waals surface area (Å²) in [5.74, 6) is -0.0273. The number of thiazole rings is 1. The number of rotatable bonds is 6. The molecule has 0 aliphatic carbocycles. The number of carbonyl (C=O) groups is 1. The van der Waals surface area contributed by atoms with Crippen LogP contribution in [0.2, 0.25) is 0 Å². The number of nitrogens with zero attached hydrogens (tertiary/aromatic N) is 4. The molecule has 0 fully saturated rings. The van der Waals surface area contributed by atoms with Gasteiger partial charge < -0.3 is 4.57 Å². The number of fused-ring (bicyclic) bond motifs is 2. The lowest BCUT2D eigenvalue weighted by Gasteiger charge is -2.21. The molecule has 0 atom stereocenters. The van der Waals surface area contributed by atoms with E-state index in [1.807, 2.05) is 76.3 Å². The maximum absolute atomic E-state index is 13.8. The zero-order valence-electron chi connectivity index (χ0n) is 17.0. The van der Waals surface area contributed by atoms with Gasteiger partial charge in [0.05, 0.1) is 16.5 Å². The number of hydrogen-bond acceptors (Lipinski definition) is 4. The third kappa shape index (κ3) is 4.55. The maximum atomic E-state index is 13.8. The second-order valence-corrected chi connectivity index (χ2v) is 9.17. The Kier molecular flexibility index (Phi) is 6.89. The lowest BCUT2D eigenvalue weighted by Crippen LogP contribution is -2.32. The van der Waals surface area contributed by atoms with Gasteiger partial charge in [-0.15, -0.1) is 12.4 Å². The molecule has 5 aromatic rings. The van der Waals surface area contributed by atoms with E-state index in [0.29, 0.717) is 12.1 Å². The molecule has 1 amide bonds. The molecule has 3 aromatic carbocycles. The van der Waals surface area contributed by atoms with Crippen molar-refractivity contribution in [3.05, 3.63) is 89.4 Å². The Hall–Kier alpha value is -2.74. The van der Waals surface area contributed by atoms with Gasteiger partial charge in [0.25, 0.3) is 5.91 Å². The minimum atomic E-state index is -0.0273. The summed E-state index contributed by atoms with van der Waals surface area (Å²) in [5.41, 5.74) is 1.59. The van der Waals surface area contributed by atoms with E-state index in [-0.39, 0.29) is 18.3 Å². The highest BCUT2D eigenvalue weighted by atomic mass is 79.9. The van der Waals surface area contributed by atoms with Crippen LogP contribution >= 0.6 is 39.7 Å². The molecular formula is C24H20BrClN4OS. The molecule has 0 spiro atoms. The number of carbonyl (C=O) groups excluding carboxylic acids is 1. The Labute approximate surface area is 204 Å². The van der Waals surface area contributed by atoms with Gasteiger partial charge in [-0.25, -0.2) is 9.97 Å². The number of benzene rings is 3. The van der Waals surface area contributed by atoms with Crippen LogP contribution in [0.25, 0.3) is 21.0 Å². The predicted octanol–water partition coefficient (Wildman–Crippen LogP) is 6.57. The molecule has 0 saturated carbocycles. The van der Waals surface area contributed by atoms with Crippen LogP contribution in [0.1, 0.15) is 16.8 Å². The Morgan fingerprint density at radius 3 is 2.78 bits per heavy atom. The molecule has 0 bridgehead atoms. The number of amides is 1. The van der Waals surface area contributed by atoms with Gasteiger partial charge in [-0.3, -0.25) is 9.69 Å². The van der Waals surface area contributed by atoms with E-state index >= 15 is 0 Å². The largest absolute Gasteiger partial charge is 0.337 e. The standard InChI is InChI=1S/C24H19BrN4OS.ClH/c25-18-9-10-21-22(15-18)31-24(27-21)29(13-4-12-28-14-11-26-16-28)23(30)20-8-3-6-17-5-1-2-7-19(17)20;/h1-3,5-11,14-16H,4,12-13H2;1H. The molecular weight excluding hydrogens is 508 g/mol. The number of imidazole rings is 1. The van der Waals surface area contributed by atoms with E-state index in [1.165, 1.54) is 0 Å². The fourth-order valence-electron chi connectivity index (χ4n) is 3.67. The van der Waals surface area contributed by atoms with E-state index in [0.717, 1.165) is 43.6 Å². The Morgan fingerprint density at radius 1 is 1.09 bits per heavy atom. The van der Waals surface area contributed by atoms with Gasteiger partial charge in [0.1, 0.15) is 0 Å². The second-order valence-electron chi connectivity index (χ2n) is 7.25. The first-order valence-corrected chi connectivity index (χ1v) is 11.6. The molecule has 0 aliphatic heterocycles. The molecule has 0 unspecified atom stereocenters. The minimum Gasteiger partial charge on any atom is -0.337 e. The summed E-state index contributed by atoms with van der Waals surface area (Å²) in [6.45, 7) is 1.36. The number of halogens is 2. The second kappa shape index (κ2) is 9.81. The van der Waals surface area contributed by atoms with Crippen LogP contribution in [0.3, 0.4) is 0 Å². The summed E-state index contributed by atoms with van der Waals surface area (Å²) in [6, 6.07) is 19.9. The molecule has 32 heavy (non-hydrogen) atoms. The molecule has 0 aliphatic rings. The van der Waals surface area contributed by atoms with E-state index in [4.69, 9.17) is 4.98 Å². The van der Waals surface area contributed by atoms with Crippen molar-refractivity contribution < 1.29 is 4.79 Å². The van der Waals surface area contributed by atoms with Gasteiger partial charge in [-0.2, -0.15) is 0 Å². The zero-order chi connectivity index (χ0) is 21.2. The van der Waals surface area contributed by atoms with Crippen molar-refractivity contribution >= 4 is 71.7 Å². The van der Waals surface area contributed by atoms with E-state index in [2.05, 4.69) is 20.9 Å². The van der Waals surface area contributed by atoms with Crippen LogP contribution in [0.5, 0.6) is 0 Å². The fourth-order valence-corrected chi connectivity index (χ4v) is 5.22. The Morgan fingerprint density at radius 2 is 1.94 bits per heavy atom. The monoisotopic (exact) mass is 526 g/mol. The Balaban J connectivity index is 0.00000245. The highest BCUT2D eigenvalue weighted by Gasteiger charge is 2.22. The summed E-state index contributed by atoms with van der Waals surface area (Å²) in [4.78, 5) is 24.5. The van der Waals surface area contributed by atoms with Crippen LogP contribution in [0, 0.1) is 0 Å². The SMILES string of the molecule is Cl.O=C(c1cccc2ccccc12)N(CCCn1ccnc1)c1nc2ccc(Br)cc2s1. The van der Waals surface area contributed by atoms with Crippen molar-refractivity contribution in [1.29, 1.82) is 0 Å². The number of anilines is 1. The van der Waals surface area contributed by atoms with Crippen LogP contribution in [-0.4, -0.2) is 27.0 Å². The van der Waals surface area contributed by atoms with Crippen molar-refractivity contribution in [2.45, 2.75) is 13.0 Å². The molecule has 5 nitrogen and oxygen atoms in total. The number of hydrogen-bond donors (Lipinski definition) is 0. The van der Waals surface area contributed by atoms with E-state index in [9.17, 15) is 4.79 Å². The third-order valence-electron chi connectivity index (χ3n) is 5.19. The topological polar surface area (TPSA) is 51.0 Å². The lowest BCUT2D eigenvalue weighted by atomic mass is 10.0. The minimum absolute atomic E-state index is 0. The quantitative estimate of drug-likeness (QED) is 0.251.